The summed E-state index contributed by atoms with van der Waals surface area (Å²) in [5.41, 5.74) is 0.709. The topological polar surface area (TPSA) is 49.3 Å². The van der Waals surface area contributed by atoms with Crippen LogP contribution in [0.1, 0.15) is 36.0 Å². The van der Waals surface area contributed by atoms with Gasteiger partial charge in [-0.1, -0.05) is 12.8 Å². The van der Waals surface area contributed by atoms with Crippen LogP contribution in [0.3, 0.4) is 0 Å². The highest BCUT2D eigenvalue weighted by Gasteiger charge is 2.03. The third kappa shape index (κ3) is 6.02. The summed E-state index contributed by atoms with van der Waals surface area (Å²) in [6.45, 7) is 0.964. The van der Waals surface area contributed by atoms with Gasteiger partial charge in [0.2, 0.25) is 0 Å². The van der Waals surface area contributed by atoms with Gasteiger partial charge in [-0.2, -0.15) is 0 Å². The van der Waals surface area contributed by atoms with Crippen LogP contribution < -0.4 is 5.32 Å². The largest absolute Gasteiger partial charge is 0.396 e. The first-order chi connectivity index (χ1) is 8.24. The number of aliphatic hydroxyl groups excluding tert-OH is 1. The molecule has 4 heteroatoms. The van der Waals surface area contributed by atoms with Crippen LogP contribution in [-0.2, 0) is 0 Å². The predicted molar refractivity (Wildman–Crippen MR) is 77.0 cm³/mol. The minimum absolute atomic E-state index is 0.0106. The number of carbonyl (C=O) groups is 1. The van der Waals surface area contributed by atoms with Gasteiger partial charge in [-0.15, -0.1) is 0 Å². The first-order valence-electron chi connectivity index (χ1n) is 5.88. The maximum atomic E-state index is 11.7. The maximum Gasteiger partial charge on any atom is 0.251 e. The molecule has 3 nitrogen and oxygen atoms in total. The van der Waals surface area contributed by atoms with E-state index in [1.807, 2.05) is 24.3 Å². The Hall–Kier alpha value is -0.620. The molecule has 1 amide bonds. The molecule has 0 radical (unpaired) electrons. The number of hydrogen-bond donors (Lipinski definition) is 2. The van der Waals surface area contributed by atoms with Gasteiger partial charge in [-0.25, -0.2) is 0 Å². The number of amides is 1. The van der Waals surface area contributed by atoms with Crippen LogP contribution in [0.4, 0.5) is 0 Å². The fraction of sp³-hybridized carbons (Fsp3) is 0.462. The zero-order valence-corrected chi connectivity index (χ0v) is 11.9. The second-order valence-corrected chi connectivity index (χ2v) is 5.15. The van der Waals surface area contributed by atoms with E-state index in [-0.39, 0.29) is 12.5 Å². The lowest BCUT2D eigenvalue weighted by atomic mass is 10.2. The van der Waals surface area contributed by atoms with E-state index in [9.17, 15) is 4.79 Å². The van der Waals surface area contributed by atoms with Crippen LogP contribution in [-0.4, -0.2) is 24.2 Å². The zero-order valence-electron chi connectivity index (χ0n) is 9.79. The van der Waals surface area contributed by atoms with Crippen molar-refractivity contribution in [2.45, 2.75) is 25.7 Å². The van der Waals surface area contributed by atoms with Crippen molar-refractivity contribution in [1.29, 1.82) is 0 Å². The molecule has 0 saturated carbocycles. The smallest absolute Gasteiger partial charge is 0.251 e. The molecule has 0 atom stereocenters. The van der Waals surface area contributed by atoms with E-state index >= 15 is 0 Å². The predicted octanol–water partition coefficient (Wildman–Crippen LogP) is 2.57. The summed E-state index contributed by atoms with van der Waals surface area (Å²) in [7, 11) is 0. The van der Waals surface area contributed by atoms with Gasteiger partial charge in [-0.3, -0.25) is 4.79 Å². The molecule has 1 aromatic carbocycles. The van der Waals surface area contributed by atoms with Crippen LogP contribution in [0, 0.1) is 3.57 Å². The van der Waals surface area contributed by atoms with Crippen molar-refractivity contribution < 1.29 is 9.90 Å². The molecule has 1 aromatic rings. The first kappa shape index (κ1) is 14.4. The summed E-state index contributed by atoms with van der Waals surface area (Å²) in [5, 5.41) is 11.5. The molecule has 17 heavy (non-hydrogen) atoms. The molecule has 1 rings (SSSR count). The molecule has 0 aliphatic carbocycles. The molecule has 0 bridgehead atoms. The van der Waals surface area contributed by atoms with Crippen LogP contribution in [0.2, 0.25) is 0 Å². The number of aliphatic hydroxyl groups is 1. The minimum atomic E-state index is -0.0106. The maximum absolute atomic E-state index is 11.7. The van der Waals surface area contributed by atoms with E-state index < -0.39 is 0 Å². The molecule has 0 heterocycles. The molecular formula is C13H18INO2. The van der Waals surface area contributed by atoms with Gasteiger partial charge >= 0.3 is 0 Å². The molecular weight excluding hydrogens is 329 g/mol. The lowest BCUT2D eigenvalue weighted by molar-refractivity contribution is 0.0953. The summed E-state index contributed by atoms with van der Waals surface area (Å²) >= 11 is 2.22. The van der Waals surface area contributed by atoms with Gasteiger partial charge in [-0.05, 0) is 59.7 Å². The van der Waals surface area contributed by atoms with Gasteiger partial charge in [0.1, 0.15) is 0 Å². The highest BCUT2D eigenvalue weighted by molar-refractivity contribution is 14.1. The van der Waals surface area contributed by atoms with Crippen LogP contribution in [0.5, 0.6) is 0 Å². The summed E-state index contributed by atoms with van der Waals surface area (Å²) in [6, 6.07) is 7.53. The lowest BCUT2D eigenvalue weighted by Gasteiger charge is -2.05. The van der Waals surface area contributed by atoms with Crippen molar-refractivity contribution in [3.8, 4) is 0 Å². The minimum Gasteiger partial charge on any atom is -0.396 e. The molecule has 0 aliphatic heterocycles. The van der Waals surface area contributed by atoms with Crippen molar-refractivity contribution >= 4 is 28.5 Å². The number of rotatable bonds is 7. The average Bonchev–Trinajstić information content (AvgIpc) is 2.34. The highest BCUT2D eigenvalue weighted by atomic mass is 127. The Morgan fingerprint density at radius 1 is 1.12 bits per heavy atom. The SMILES string of the molecule is O=C(NCCCCCCO)c1ccc(I)cc1. The van der Waals surface area contributed by atoms with Crippen molar-refractivity contribution in [1.82, 2.24) is 5.32 Å². The molecule has 0 unspecified atom stereocenters. The van der Waals surface area contributed by atoms with Crippen LogP contribution in [0.25, 0.3) is 0 Å². The molecule has 0 aliphatic rings. The Morgan fingerprint density at radius 2 is 1.76 bits per heavy atom. The van der Waals surface area contributed by atoms with Crippen molar-refractivity contribution in [2.75, 3.05) is 13.2 Å². The number of nitrogens with one attached hydrogen (secondary N) is 1. The van der Waals surface area contributed by atoms with Crippen molar-refractivity contribution in [2.24, 2.45) is 0 Å². The molecule has 0 fully saturated rings. The van der Waals surface area contributed by atoms with Gasteiger partial charge in [0, 0.05) is 22.3 Å². The monoisotopic (exact) mass is 347 g/mol. The van der Waals surface area contributed by atoms with Gasteiger partial charge in [0.05, 0.1) is 0 Å². The third-order valence-corrected chi connectivity index (χ3v) is 3.20. The number of hydrogen-bond acceptors (Lipinski definition) is 2. The Morgan fingerprint density at radius 3 is 2.41 bits per heavy atom. The Bertz CT molecular complexity index is 338. The Labute approximate surface area is 116 Å². The molecule has 0 spiro atoms. The number of benzene rings is 1. The Balaban J connectivity index is 2.19. The fourth-order valence-corrected chi connectivity index (χ4v) is 1.86. The normalized spacial score (nSPS) is 10.2. The first-order valence-corrected chi connectivity index (χ1v) is 6.96. The van der Waals surface area contributed by atoms with Crippen LogP contribution >= 0.6 is 22.6 Å². The van der Waals surface area contributed by atoms with E-state index in [4.69, 9.17) is 5.11 Å². The van der Waals surface area contributed by atoms with E-state index in [0.29, 0.717) is 12.1 Å². The van der Waals surface area contributed by atoms with E-state index in [1.165, 1.54) is 0 Å². The fourth-order valence-electron chi connectivity index (χ4n) is 1.50. The molecule has 2 N–H and O–H groups in total. The highest BCUT2D eigenvalue weighted by Crippen LogP contribution is 2.06. The van der Waals surface area contributed by atoms with Crippen molar-refractivity contribution in [3.05, 3.63) is 33.4 Å². The van der Waals surface area contributed by atoms with Crippen LogP contribution in [0.15, 0.2) is 24.3 Å². The quantitative estimate of drug-likeness (QED) is 0.588. The van der Waals surface area contributed by atoms with E-state index in [0.717, 1.165) is 29.3 Å². The second kappa shape index (κ2) is 8.47. The molecule has 0 aromatic heterocycles. The zero-order chi connectivity index (χ0) is 12.5. The number of unbranched alkanes of at least 4 members (excludes halogenated alkanes) is 3. The van der Waals surface area contributed by atoms with Gasteiger partial charge in [0.25, 0.3) is 5.91 Å². The summed E-state index contributed by atoms with van der Waals surface area (Å²) in [6.07, 6.45) is 3.89. The summed E-state index contributed by atoms with van der Waals surface area (Å²) in [4.78, 5) is 11.7. The summed E-state index contributed by atoms with van der Waals surface area (Å²) in [5.74, 6) is -0.0106. The van der Waals surface area contributed by atoms with E-state index in [1.54, 1.807) is 0 Å². The Kier molecular flexibility index (Phi) is 7.19. The second-order valence-electron chi connectivity index (χ2n) is 3.90. The molecule has 94 valence electrons. The average molecular weight is 347 g/mol. The third-order valence-electron chi connectivity index (χ3n) is 2.48. The molecule has 0 saturated heterocycles. The lowest BCUT2D eigenvalue weighted by Crippen LogP contribution is -2.24. The summed E-state index contributed by atoms with van der Waals surface area (Å²) < 4.78 is 1.13. The number of carbonyl (C=O) groups excluding carboxylic acids is 1. The van der Waals surface area contributed by atoms with Crippen molar-refractivity contribution in [3.63, 3.8) is 0 Å². The van der Waals surface area contributed by atoms with Gasteiger partial charge in [0.15, 0.2) is 0 Å². The standard InChI is InChI=1S/C13H18INO2/c14-12-7-5-11(6-8-12)13(17)15-9-3-1-2-4-10-16/h5-8,16H,1-4,9-10H2,(H,15,17). The van der Waals surface area contributed by atoms with Gasteiger partial charge < -0.3 is 10.4 Å². The van der Waals surface area contributed by atoms with E-state index in [2.05, 4.69) is 27.9 Å². The number of halogens is 1.